The molecule has 8 nitrogen and oxygen atoms in total. The van der Waals surface area contributed by atoms with Gasteiger partial charge in [-0.1, -0.05) is 25.1 Å². The lowest BCUT2D eigenvalue weighted by Gasteiger charge is -2.34. The number of rotatable bonds is 10. The van der Waals surface area contributed by atoms with Crippen LogP contribution in [0.3, 0.4) is 0 Å². The summed E-state index contributed by atoms with van der Waals surface area (Å²) in [7, 11) is -2.22. The lowest BCUT2D eigenvalue weighted by Crippen LogP contribution is -2.55. The van der Waals surface area contributed by atoms with Gasteiger partial charge in [-0.25, -0.2) is 8.42 Å². The minimum Gasteiger partial charge on any atom is -0.497 e. The summed E-state index contributed by atoms with van der Waals surface area (Å²) < 4.78 is 32.0. The molecule has 0 saturated heterocycles. The molecule has 0 heterocycles. The number of benzene rings is 2. The van der Waals surface area contributed by atoms with Gasteiger partial charge in [-0.2, -0.15) is 0 Å². The summed E-state index contributed by atoms with van der Waals surface area (Å²) in [4.78, 5) is 28.5. The second kappa shape index (κ2) is 11.8. The number of hydrogen-bond acceptors (Lipinski definition) is 5. The maximum atomic E-state index is 13.8. The fraction of sp³-hybridized carbons (Fsp3) is 0.481. The first-order chi connectivity index (χ1) is 16.6. The normalized spacial score (nSPS) is 12.6. The van der Waals surface area contributed by atoms with Crippen molar-refractivity contribution in [1.82, 2.24) is 10.2 Å². The zero-order chi connectivity index (χ0) is 27.3. The van der Waals surface area contributed by atoms with Crippen LogP contribution in [0.2, 0.25) is 0 Å². The SMILES string of the molecule is CC[C@@H](C(=O)NC(C)(C)C)N(Cc1cccc(OC)c1)C(=O)CN(c1cc(C)cc(C)c1)S(C)(=O)=O. The van der Waals surface area contributed by atoms with Crippen LogP contribution >= 0.6 is 0 Å². The summed E-state index contributed by atoms with van der Waals surface area (Å²) in [6.45, 7) is 10.9. The quantitative estimate of drug-likeness (QED) is 0.517. The highest BCUT2D eigenvalue weighted by Crippen LogP contribution is 2.23. The van der Waals surface area contributed by atoms with Crippen molar-refractivity contribution in [1.29, 1.82) is 0 Å². The van der Waals surface area contributed by atoms with Gasteiger partial charge in [0.05, 0.1) is 19.1 Å². The smallest absolute Gasteiger partial charge is 0.244 e. The van der Waals surface area contributed by atoms with Crippen molar-refractivity contribution in [3.63, 3.8) is 0 Å². The van der Waals surface area contributed by atoms with Crippen molar-refractivity contribution in [3.8, 4) is 5.75 Å². The molecule has 0 aliphatic carbocycles. The third kappa shape index (κ3) is 8.26. The maximum Gasteiger partial charge on any atom is 0.244 e. The Morgan fingerprint density at radius 3 is 2.17 bits per heavy atom. The van der Waals surface area contributed by atoms with Gasteiger partial charge in [0, 0.05) is 12.1 Å². The van der Waals surface area contributed by atoms with Crippen LogP contribution in [0.5, 0.6) is 5.75 Å². The van der Waals surface area contributed by atoms with Crippen molar-refractivity contribution in [2.24, 2.45) is 0 Å². The highest BCUT2D eigenvalue weighted by atomic mass is 32.2. The number of hydrogen-bond donors (Lipinski definition) is 1. The lowest BCUT2D eigenvalue weighted by atomic mass is 10.1. The first-order valence-electron chi connectivity index (χ1n) is 11.9. The third-order valence-electron chi connectivity index (χ3n) is 5.54. The molecular formula is C27H39N3O5S. The highest BCUT2D eigenvalue weighted by Gasteiger charge is 2.33. The Labute approximate surface area is 215 Å². The van der Waals surface area contributed by atoms with Gasteiger partial charge in [0.15, 0.2) is 0 Å². The van der Waals surface area contributed by atoms with E-state index in [9.17, 15) is 18.0 Å². The number of nitrogens with one attached hydrogen (secondary N) is 1. The number of amides is 2. The van der Waals surface area contributed by atoms with Crippen molar-refractivity contribution < 1.29 is 22.7 Å². The maximum absolute atomic E-state index is 13.8. The van der Waals surface area contributed by atoms with E-state index in [0.717, 1.165) is 27.3 Å². The summed E-state index contributed by atoms with van der Waals surface area (Å²) >= 11 is 0. The van der Waals surface area contributed by atoms with Crippen LogP contribution in [-0.2, 0) is 26.2 Å². The molecule has 1 atom stereocenters. The predicted molar refractivity (Wildman–Crippen MR) is 144 cm³/mol. The largest absolute Gasteiger partial charge is 0.497 e. The molecule has 0 fully saturated rings. The molecular weight excluding hydrogens is 478 g/mol. The molecule has 0 bridgehead atoms. The fourth-order valence-corrected chi connectivity index (χ4v) is 4.88. The minimum absolute atomic E-state index is 0.122. The van der Waals surface area contributed by atoms with Crippen LogP contribution < -0.4 is 14.4 Å². The Morgan fingerprint density at radius 1 is 1.06 bits per heavy atom. The lowest BCUT2D eigenvalue weighted by molar-refractivity contribution is -0.141. The number of sulfonamides is 1. The molecule has 2 aromatic rings. The minimum atomic E-state index is -3.78. The number of ether oxygens (including phenoxy) is 1. The van der Waals surface area contributed by atoms with Gasteiger partial charge >= 0.3 is 0 Å². The summed E-state index contributed by atoms with van der Waals surface area (Å²) in [6.07, 6.45) is 1.44. The van der Waals surface area contributed by atoms with Crippen molar-refractivity contribution in [2.75, 3.05) is 24.2 Å². The van der Waals surface area contributed by atoms with E-state index in [0.29, 0.717) is 17.9 Å². The Balaban J connectivity index is 2.51. The van der Waals surface area contributed by atoms with Crippen LogP contribution in [-0.4, -0.2) is 56.6 Å². The Kier molecular flexibility index (Phi) is 9.54. The van der Waals surface area contributed by atoms with E-state index in [1.54, 1.807) is 31.4 Å². The predicted octanol–water partition coefficient (Wildman–Crippen LogP) is 3.80. The summed E-state index contributed by atoms with van der Waals surface area (Å²) in [6, 6.07) is 11.9. The molecule has 0 saturated carbocycles. The highest BCUT2D eigenvalue weighted by molar-refractivity contribution is 7.92. The van der Waals surface area contributed by atoms with Gasteiger partial charge in [0.1, 0.15) is 18.3 Å². The van der Waals surface area contributed by atoms with Gasteiger partial charge in [0.2, 0.25) is 21.8 Å². The number of carbonyl (C=O) groups excluding carboxylic acids is 2. The van der Waals surface area contributed by atoms with Crippen LogP contribution in [0, 0.1) is 13.8 Å². The number of anilines is 1. The third-order valence-corrected chi connectivity index (χ3v) is 6.69. The van der Waals surface area contributed by atoms with Crippen LogP contribution in [0.4, 0.5) is 5.69 Å². The molecule has 0 spiro atoms. The second-order valence-corrected chi connectivity index (χ2v) is 12.1. The number of carbonyl (C=O) groups is 2. The van der Waals surface area contributed by atoms with Gasteiger partial charge in [-0.3, -0.25) is 13.9 Å². The second-order valence-electron chi connectivity index (χ2n) is 10.2. The molecule has 2 rings (SSSR count). The molecule has 2 amide bonds. The summed E-state index contributed by atoms with van der Waals surface area (Å²) in [5.41, 5.74) is 2.46. The summed E-state index contributed by atoms with van der Waals surface area (Å²) in [5, 5.41) is 2.95. The standard InChI is InChI=1S/C27H39N3O5S/c1-9-24(26(32)28-27(4,5)6)29(17-21-11-10-12-23(16-21)35-7)25(31)18-30(36(8,33)34)22-14-19(2)13-20(3)15-22/h10-16,24H,9,17-18H2,1-8H3,(H,28,32)/t24-/m0/s1. The molecule has 0 aromatic heterocycles. The summed E-state index contributed by atoms with van der Waals surface area (Å²) in [5.74, 6) is -0.142. The number of aryl methyl sites for hydroxylation is 2. The van der Waals surface area contributed by atoms with E-state index in [1.807, 2.05) is 59.7 Å². The number of nitrogens with zero attached hydrogens (tertiary/aromatic N) is 2. The van der Waals surface area contributed by atoms with Crippen LogP contribution in [0.1, 0.15) is 50.8 Å². The van der Waals surface area contributed by atoms with Crippen LogP contribution in [0.15, 0.2) is 42.5 Å². The van der Waals surface area contributed by atoms with Crippen molar-refractivity contribution >= 4 is 27.5 Å². The number of methoxy groups -OCH3 is 1. The van der Waals surface area contributed by atoms with E-state index >= 15 is 0 Å². The molecule has 9 heteroatoms. The van der Waals surface area contributed by atoms with Gasteiger partial charge in [0.25, 0.3) is 0 Å². The van der Waals surface area contributed by atoms with Crippen molar-refractivity contribution in [3.05, 3.63) is 59.2 Å². The average Bonchev–Trinajstić information content (AvgIpc) is 2.74. The Morgan fingerprint density at radius 2 is 1.67 bits per heavy atom. The first-order valence-corrected chi connectivity index (χ1v) is 13.8. The molecule has 0 radical (unpaired) electrons. The topological polar surface area (TPSA) is 96.0 Å². The molecule has 2 aromatic carbocycles. The molecule has 0 aliphatic rings. The van der Waals surface area contributed by atoms with E-state index in [1.165, 1.54) is 4.90 Å². The Bertz CT molecular complexity index is 1170. The molecule has 36 heavy (non-hydrogen) atoms. The van der Waals surface area contributed by atoms with Crippen LogP contribution in [0.25, 0.3) is 0 Å². The van der Waals surface area contributed by atoms with Crippen molar-refractivity contribution in [2.45, 2.75) is 66.1 Å². The van der Waals surface area contributed by atoms with E-state index < -0.39 is 34.1 Å². The molecule has 1 N–H and O–H groups in total. The zero-order valence-corrected chi connectivity index (χ0v) is 23.4. The molecule has 0 unspecified atom stereocenters. The molecule has 0 aliphatic heterocycles. The van der Waals surface area contributed by atoms with E-state index in [-0.39, 0.29) is 12.5 Å². The average molecular weight is 518 g/mol. The Hall–Kier alpha value is -3.07. The zero-order valence-electron chi connectivity index (χ0n) is 22.6. The van der Waals surface area contributed by atoms with Gasteiger partial charge in [-0.05, 0) is 82.0 Å². The van der Waals surface area contributed by atoms with Gasteiger partial charge < -0.3 is 15.0 Å². The monoisotopic (exact) mass is 517 g/mol. The first kappa shape index (κ1) is 29.2. The molecule has 198 valence electrons. The fourth-order valence-electron chi connectivity index (χ4n) is 4.05. The van der Waals surface area contributed by atoms with Gasteiger partial charge in [-0.15, -0.1) is 0 Å². The van der Waals surface area contributed by atoms with E-state index in [4.69, 9.17) is 4.74 Å². The van der Waals surface area contributed by atoms with E-state index in [2.05, 4.69) is 5.32 Å².